The van der Waals surface area contributed by atoms with E-state index in [0.717, 1.165) is 30.7 Å². The smallest absolute Gasteiger partial charge is 0.251 e. The summed E-state index contributed by atoms with van der Waals surface area (Å²) in [6.07, 6.45) is 3.16. The number of carbonyl (C=O) groups is 2. The molecular weight excluding hydrogens is 442 g/mol. The van der Waals surface area contributed by atoms with Gasteiger partial charge in [-0.25, -0.2) is 8.42 Å². The molecule has 4 rings (SSSR count). The Balaban J connectivity index is 1.33. The number of hydrogen-bond acceptors (Lipinski definition) is 5. The zero-order chi connectivity index (χ0) is 23.4. The molecule has 0 spiro atoms. The number of nitrogens with zero attached hydrogens (tertiary/aromatic N) is 2. The highest BCUT2D eigenvalue weighted by molar-refractivity contribution is 7.89. The molecule has 2 amide bonds. The number of amides is 2. The molecule has 33 heavy (non-hydrogen) atoms. The quantitative estimate of drug-likeness (QED) is 0.670. The Morgan fingerprint density at radius 1 is 1.03 bits per heavy atom. The molecule has 2 aromatic rings. The van der Waals surface area contributed by atoms with E-state index in [4.69, 9.17) is 4.74 Å². The van der Waals surface area contributed by atoms with Crippen molar-refractivity contribution in [2.24, 2.45) is 5.92 Å². The van der Waals surface area contributed by atoms with Crippen molar-refractivity contribution < 1.29 is 22.7 Å². The first kappa shape index (κ1) is 23.3. The number of benzene rings is 2. The van der Waals surface area contributed by atoms with Gasteiger partial charge in [-0.15, -0.1) is 0 Å². The van der Waals surface area contributed by atoms with E-state index in [1.54, 1.807) is 12.0 Å². The number of ether oxygens (including phenoxy) is 1. The summed E-state index contributed by atoms with van der Waals surface area (Å²) in [5.74, 6) is 0.463. The topological polar surface area (TPSA) is 96.0 Å². The van der Waals surface area contributed by atoms with Crippen LogP contribution in [0.5, 0.6) is 5.75 Å². The molecule has 0 aromatic heterocycles. The van der Waals surface area contributed by atoms with Gasteiger partial charge in [0.05, 0.1) is 12.0 Å². The highest BCUT2D eigenvalue weighted by Gasteiger charge is 2.31. The minimum Gasteiger partial charge on any atom is -0.497 e. The maximum absolute atomic E-state index is 12.8. The monoisotopic (exact) mass is 471 g/mol. The molecule has 176 valence electrons. The van der Waals surface area contributed by atoms with Crippen LogP contribution in [0.1, 0.15) is 36.0 Å². The number of piperidine rings is 1. The second-order valence-electron chi connectivity index (χ2n) is 8.47. The lowest BCUT2D eigenvalue weighted by Crippen LogP contribution is -2.35. The summed E-state index contributed by atoms with van der Waals surface area (Å²) in [6, 6.07) is 13.4. The third-order valence-corrected chi connectivity index (χ3v) is 8.12. The van der Waals surface area contributed by atoms with Crippen molar-refractivity contribution in [2.75, 3.05) is 38.2 Å². The predicted octanol–water partition coefficient (Wildman–Crippen LogP) is 2.65. The van der Waals surface area contributed by atoms with Gasteiger partial charge in [0.25, 0.3) is 5.91 Å². The molecule has 8 nitrogen and oxygen atoms in total. The number of nitrogens with one attached hydrogen (secondary N) is 1. The van der Waals surface area contributed by atoms with Crippen molar-refractivity contribution in [3.8, 4) is 5.75 Å². The van der Waals surface area contributed by atoms with Crippen LogP contribution in [0.25, 0.3) is 0 Å². The van der Waals surface area contributed by atoms with Gasteiger partial charge in [-0.2, -0.15) is 4.31 Å². The molecule has 9 heteroatoms. The fourth-order valence-corrected chi connectivity index (χ4v) is 5.82. The van der Waals surface area contributed by atoms with Crippen molar-refractivity contribution in [1.29, 1.82) is 0 Å². The van der Waals surface area contributed by atoms with Crippen molar-refractivity contribution in [2.45, 2.75) is 30.6 Å². The summed E-state index contributed by atoms with van der Waals surface area (Å²) in [5, 5.41) is 2.88. The molecule has 2 saturated heterocycles. The Morgan fingerprint density at radius 3 is 2.33 bits per heavy atom. The Kier molecular flexibility index (Phi) is 6.99. The first-order chi connectivity index (χ1) is 15.9. The normalized spacial score (nSPS) is 19.5. The number of rotatable bonds is 7. The lowest BCUT2D eigenvalue weighted by molar-refractivity contribution is -0.117. The summed E-state index contributed by atoms with van der Waals surface area (Å²) in [5.41, 5.74) is 1.20. The van der Waals surface area contributed by atoms with E-state index in [9.17, 15) is 18.0 Å². The van der Waals surface area contributed by atoms with Crippen molar-refractivity contribution in [1.82, 2.24) is 9.62 Å². The highest BCUT2D eigenvalue weighted by atomic mass is 32.2. The summed E-state index contributed by atoms with van der Waals surface area (Å²) in [6.45, 7) is 1.97. The third kappa shape index (κ3) is 5.20. The molecule has 2 aliphatic heterocycles. The average molecular weight is 472 g/mol. The van der Waals surface area contributed by atoms with Gasteiger partial charge in [-0.3, -0.25) is 9.59 Å². The fourth-order valence-electron chi connectivity index (χ4n) is 4.30. The van der Waals surface area contributed by atoms with Gasteiger partial charge < -0.3 is 15.0 Å². The molecule has 0 radical (unpaired) electrons. The number of hydrogen-bond donors (Lipinski definition) is 1. The molecule has 1 N–H and O–H groups in total. The lowest BCUT2D eigenvalue weighted by Gasteiger charge is -2.25. The summed E-state index contributed by atoms with van der Waals surface area (Å²) in [7, 11) is -1.93. The maximum atomic E-state index is 12.8. The Hall–Kier alpha value is -2.91. The van der Waals surface area contributed by atoms with Crippen LogP contribution >= 0.6 is 0 Å². The van der Waals surface area contributed by atoms with Gasteiger partial charge in [0, 0.05) is 49.8 Å². The van der Waals surface area contributed by atoms with Crippen LogP contribution in [0.4, 0.5) is 5.69 Å². The largest absolute Gasteiger partial charge is 0.497 e. The van der Waals surface area contributed by atoms with Crippen LogP contribution in [0, 0.1) is 5.92 Å². The van der Waals surface area contributed by atoms with E-state index < -0.39 is 10.0 Å². The molecule has 2 heterocycles. The van der Waals surface area contributed by atoms with Crippen molar-refractivity contribution >= 4 is 27.5 Å². The van der Waals surface area contributed by atoms with E-state index in [-0.39, 0.29) is 22.6 Å². The molecule has 1 unspecified atom stereocenters. The minimum atomic E-state index is -3.52. The van der Waals surface area contributed by atoms with E-state index >= 15 is 0 Å². The van der Waals surface area contributed by atoms with E-state index in [1.807, 2.05) is 24.3 Å². The molecule has 0 bridgehead atoms. The second-order valence-corrected chi connectivity index (χ2v) is 10.4. The maximum Gasteiger partial charge on any atom is 0.251 e. The molecule has 0 saturated carbocycles. The van der Waals surface area contributed by atoms with Crippen molar-refractivity contribution in [3.63, 3.8) is 0 Å². The molecular formula is C24H29N3O5S. The predicted molar refractivity (Wildman–Crippen MR) is 125 cm³/mol. The van der Waals surface area contributed by atoms with Gasteiger partial charge in [-0.05, 0) is 61.4 Å². The van der Waals surface area contributed by atoms with Crippen LogP contribution < -0.4 is 15.0 Å². The van der Waals surface area contributed by atoms with Gasteiger partial charge in [0.15, 0.2) is 0 Å². The van der Waals surface area contributed by atoms with Crippen LogP contribution in [-0.2, 0) is 14.8 Å². The summed E-state index contributed by atoms with van der Waals surface area (Å²) < 4.78 is 32.2. The van der Waals surface area contributed by atoms with E-state index in [1.165, 1.54) is 28.6 Å². The Morgan fingerprint density at radius 2 is 1.70 bits per heavy atom. The van der Waals surface area contributed by atoms with Crippen LogP contribution in [0.3, 0.4) is 0 Å². The number of anilines is 1. The Labute approximate surface area is 194 Å². The molecule has 2 fully saturated rings. The van der Waals surface area contributed by atoms with Crippen molar-refractivity contribution in [3.05, 3.63) is 54.1 Å². The Bertz CT molecular complexity index is 1090. The van der Waals surface area contributed by atoms with Crippen LogP contribution in [0.2, 0.25) is 0 Å². The van der Waals surface area contributed by atoms with Gasteiger partial charge in [-0.1, -0.05) is 6.42 Å². The van der Waals surface area contributed by atoms with Gasteiger partial charge in [0.1, 0.15) is 5.75 Å². The molecule has 2 aromatic carbocycles. The number of sulfonamides is 1. The zero-order valence-electron chi connectivity index (χ0n) is 18.7. The van der Waals surface area contributed by atoms with Gasteiger partial charge >= 0.3 is 0 Å². The molecule has 2 aliphatic rings. The van der Waals surface area contributed by atoms with Gasteiger partial charge in [0.2, 0.25) is 15.9 Å². The van der Waals surface area contributed by atoms with E-state index in [0.29, 0.717) is 38.2 Å². The fraction of sp³-hybridized carbons (Fsp3) is 0.417. The highest BCUT2D eigenvalue weighted by Crippen LogP contribution is 2.26. The summed E-state index contributed by atoms with van der Waals surface area (Å²) in [4.78, 5) is 26.9. The third-order valence-electron chi connectivity index (χ3n) is 6.21. The summed E-state index contributed by atoms with van der Waals surface area (Å²) >= 11 is 0. The first-order valence-electron chi connectivity index (χ1n) is 11.2. The standard InChI is InChI=1S/C24H29N3O5S/c1-32-21-9-7-20(8-10-21)27-17-18(15-23(27)28)16-25-24(29)19-5-11-22(12-6-19)33(30,31)26-13-3-2-4-14-26/h5-12,18H,2-4,13-17H2,1H3,(H,25,29). The molecule has 1 atom stereocenters. The first-order valence-corrected chi connectivity index (χ1v) is 12.7. The lowest BCUT2D eigenvalue weighted by atomic mass is 10.1. The van der Waals surface area contributed by atoms with Crippen LogP contribution in [-0.4, -0.2) is 57.8 Å². The zero-order valence-corrected chi connectivity index (χ0v) is 19.5. The average Bonchev–Trinajstić information content (AvgIpc) is 3.23. The van der Waals surface area contributed by atoms with Crippen LogP contribution in [0.15, 0.2) is 53.4 Å². The minimum absolute atomic E-state index is 0.00213. The SMILES string of the molecule is COc1ccc(N2CC(CNC(=O)c3ccc(S(=O)(=O)N4CCCCC4)cc3)CC2=O)cc1. The van der Waals surface area contributed by atoms with E-state index in [2.05, 4.69) is 5.32 Å². The second kappa shape index (κ2) is 9.93. The molecule has 0 aliphatic carbocycles. The number of methoxy groups -OCH3 is 1. The number of carbonyl (C=O) groups excluding carboxylic acids is 2.